The maximum absolute atomic E-state index is 14.1. The minimum absolute atomic E-state index is 0.00799. The molecule has 1 fully saturated rings. The first kappa shape index (κ1) is 26.2. The zero-order chi connectivity index (χ0) is 27.5. The van der Waals surface area contributed by atoms with Gasteiger partial charge in [-0.2, -0.15) is 18.3 Å². The number of hydrogen-bond acceptors (Lipinski definition) is 6. The van der Waals surface area contributed by atoms with Gasteiger partial charge in [-0.3, -0.25) is 14.4 Å². The fraction of sp³-hybridized carbons (Fsp3) is 0.538. The minimum Gasteiger partial charge on any atom is -0.356 e. The summed E-state index contributed by atoms with van der Waals surface area (Å²) in [7, 11) is 1.76. The fourth-order valence-electron chi connectivity index (χ4n) is 5.33. The third-order valence-electron chi connectivity index (χ3n) is 7.57. The topological polar surface area (TPSA) is 104 Å². The average molecular weight is 531 g/mol. The Labute approximate surface area is 219 Å². The second-order valence-corrected chi connectivity index (χ2v) is 11.5. The van der Waals surface area contributed by atoms with E-state index in [1.54, 1.807) is 29.0 Å². The summed E-state index contributed by atoms with van der Waals surface area (Å²) >= 11 is 0. The lowest BCUT2D eigenvalue weighted by Gasteiger charge is -2.36. The number of nitrogens with zero attached hydrogens (tertiary/aromatic N) is 5. The first-order chi connectivity index (χ1) is 17.7. The van der Waals surface area contributed by atoms with Crippen LogP contribution in [0.15, 0.2) is 24.8 Å². The first-order valence-corrected chi connectivity index (χ1v) is 12.7. The van der Waals surface area contributed by atoms with E-state index in [0.29, 0.717) is 30.6 Å². The number of aromatic nitrogens is 5. The Morgan fingerprint density at radius 2 is 1.92 bits per heavy atom. The van der Waals surface area contributed by atoms with E-state index in [9.17, 15) is 18.0 Å². The third kappa shape index (κ3) is 4.89. The van der Waals surface area contributed by atoms with Gasteiger partial charge in [0.25, 0.3) is 5.91 Å². The Morgan fingerprint density at radius 1 is 1.16 bits per heavy atom. The first-order valence-electron chi connectivity index (χ1n) is 12.7. The summed E-state index contributed by atoms with van der Waals surface area (Å²) < 4.78 is 43.9. The van der Waals surface area contributed by atoms with Crippen molar-refractivity contribution in [2.45, 2.75) is 76.7 Å². The Balaban J connectivity index is 1.54. The molecule has 2 aliphatic rings. The summed E-state index contributed by atoms with van der Waals surface area (Å²) in [5.74, 6) is -0.190. The molecule has 0 saturated carbocycles. The second-order valence-electron chi connectivity index (χ2n) is 11.5. The second kappa shape index (κ2) is 9.11. The van der Waals surface area contributed by atoms with Crippen LogP contribution in [0.1, 0.15) is 68.6 Å². The molecule has 0 aliphatic carbocycles. The van der Waals surface area contributed by atoms with Gasteiger partial charge in [-0.05, 0) is 58.9 Å². The number of rotatable bonds is 4. The number of alkyl halides is 3. The van der Waals surface area contributed by atoms with E-state index in [2.05, 4.69) is 44.5 Å². The normalized spacial score (nSPS) is 21.2. The van der Waals surface area contributed by atoms with Gasteiger partial charge < -0.3 is 15.6 Å². The summed E-state index contributed by atoms with van der Waals surface area (Å²) in [6, 6.07) is -0.00799. The number of carbonyl (C=O) groups is 1. The predicted molar refractivity (Wildman–Crippen MR) is 138 cm³/mol. The number of aryl methyl sites for hydroxylation is 1. The van der Waals surface area contributed by atoms with Crippen LogP contribution in [-0.4, -0.2) is 54.3 Å². The molecule has 9 nitrogen and oxygen atoms in total. The van der Waals surface area contributed by atoms with Crippen LogP contribution >= 0.6 is 0 Å². The summed E-state index contributed by atoms with van der Waals surface area (Å²) in [4.78, 5) is 26.7. The van der Waals surface area contributed by atoms with Gasteiger partial charge in [0.1, 0.15) is 11.3 Å². The average Bonchev–Trinajstić information content (AvgIpc) is 3.42. The van der Waals surface area contributed by atoms with Crippen LogP contribution in [0.25, 0.3) is 11.3 Å². The lowest BCUT2D eigenvalue weighted by Crippen LogP contribution is -2.50. The largest absolute Gasteiger partial charge is 0.419 e. The van der Waals surface area contributed by atoms with Crippen molar-refractivity contribution in [1.29, 1.82) is 0 Å². The number of amides is 1. The van der Waals surface area contributed by atoms with Gasteiger partial charge in [-0.15, -0.1) is 0 Å². The molecule has 1 atom stereocenters. The number of aromatic amines is 1. The van der Waals surface area contributed by atoms with E-state index in [0.717, 1.165) is 19.0 Å². The minimum atomic E-state index is -4.66. The monoisotopic (exact) mass is 530 g/mol. The van der Waals surface area contributed by atoms with Gasteiger partial charge in [0.05, 0.1) is 17.6 Å². The number of piperidine rings is 1. The zero-order valence-electron chi connectivity index (χ0n) is 22.2. The zero-order valence-corrected chi connectivity index (χ0v) is 22.2. The summed E-state index contributed by atoms with van der Waals surface area (Å²) in [6.07, 6.45) is 3.66. The molecule has 1 amide bonds. The number of fused-ring (bicyclic) bond motifs is 1. The van der Waals surface area contributed by atoms with Gasteiger partial charge in [-0.1, -0.05) is 0 Å². The van der Waals surface area contributed by atoms with E-state index in [1.165, 1.54) is 6.20 Å². The third-order valence-corrected chi connectivity index (χ3v) is 7.57. The van der Waals surface area contributed by atoms with Gasteiger partial charge in [0, 0.05) is 54.9 Å². The molecule has 2 aliphatic heterocycles. The number of anilines is 2. The fourth-order valence-corrected chi connectivity index (χ4v) is 5.33. The van der Waals surface area contributed by atoms with Crippen LogP contribution < -0.4 is 15.5 Å². The van der Waals surface area contributed by atoms with Crippen molar-refractivity contribution in [3.05, 3.63) is 41.6 Å². The highest BCUT2D eigenvalue weighted by atomic mass is 19.4. The molecule has 5 heterocycles. The van der Waals surface area contributed by atoms with Crippen molar-refractivity contribution in [3.8, 4) is 11.3 Å². The highest BCUT2D eigenvalue weighted by Gasteiger charge is 2.41. The summed E-state index contributed by atoms with van der Waals surface area (Å²) in [5.41, 5.74) is -0.0931. The van der Waals surface area contributed by atoms with Crippen molar-refractivity contribution in [1.82, 2.24) is 30.0 Å². The Kier molecular flexibility index (Phi) is 6.28. The highest BCUT2D eigenvalue weighted by Crippen LogP contribution is 2.41. The molecule has 12 heteroatoms. The van der Waals surface area contributed by atoms with Gasteiger partial charge >= 0.3 is 6.18 Å². The maximum Gasteiger partial charge on any atom is 0.419 e. The van der Waals surface area contributed by atoms with Crippen molar-refractivity contribution in [2.24, 2.45) is 7.05 Å². The number of carbonyl (C=O) groups excluding carboxylic acids is 1. The molecular weight excluding hydrogens is 497 g/mol. The van der Waals surface area contributed by atoms with Crippen LogP contribution in [0, 0.1) is 0 Å². The molecule has 3 N–H and O–H groups in total. The molecule has 0 spiro atoms. The molecule has 3 aromatic heterocycles. The molecular formula is C26H33F3N8O. The van der Waals surface area contributed by atoms with E-state index in [4.69, 9.17) is 0 Å². The van der Waals surface area contributed by atoms with E-state index < -0.39 is 17.3 Å². The predicted octanol–water partition coefficient (Wildman–Crippen LogP) is 4.54. The number of H-pyrrole nitrogens is 1. The van der Waals surface area contributed by atoms with Gasteiger partial charge in [0.2, 0.25) is 5.95 Å². The molecule has 0 bridgehead atoms. The molecule has 1 saturated heterocycles. The Bertz CT molecular complexity index is 1350. The SMILES string of the molecule is Cn1cc(N2C(=O)c3[nH]cc(-c4nc(N[C@H]5CCC(C)(C)NC5)ncc4C(F)(F)F)c3CCC2(C)C)cn1. The molecule has 0 aromatic carbocycles. The quantitative estimate of drug-likeness (QED) is 0.458. The lowest BCUT2D eigenvalue weighted by atomic mass is 9.91. The number of hydrogen-bond donors (Lipinski definition) is 3. The highest BCUT2D eigenvalue weighted by molar-refractivity contribution is 6.08. The molecule has 0 radical (unpaired) electrons. The molecule has 3 aromatic rings. The smallest absolute Gasteiger partial charge is 0.356 e. The van der Waals surface area contributed by atoms with E-state index >= 15 is 0 Å². The maximum atomic E-state index is 14.1. The molecule has 204 valence electrons. The van der Waals surface area contributed by atoms with E-state index in [-0.39, 0.29) is 40.4 Å². The number of nitrogens with one attached hydrogen (secondary N) is 3. The summed E-state index contributed by atoms with van der Waals surface area (Å²) in [6.45, 7) is 8.77. The van der Waals surface area contributed by atoms with Gasteiger partial charge in [0.15, 0.2) is 0 Å². The van der Waals surface area contributed by atoms with Crippen LogP contribution in [0.3, 0.4) is 0 Å². The van der Waals surface area contributed by atoms with Crippen LogP contribution in [-0.2, 0) is 19.6 Å². The Hall–Kier alpha value is -3.41. The Morgan fingerprint density at radius 3 is 2.55 bits per heavy atom. The molecule has 5 rings (SSSR count). The van der Waals surface area contributed by atoms with Crippen LogP contribution in [0.5, 0.6) is 0 Å². The van der Waals surface area contributed by atoms with Crippen LogP contribution in [0.2, 0.25) is 0 Å². The lowest BCUT2D eigenvalue weighted by molar-refractivity contribution is -0.137. The van der Waals surface area contributed by atoms with Crippen molar-refractivity contribution < 1.29 is 18.0 Å². The summed E-state index contributed by atoms with van der Waals surface area (Å²) in [5, 5.41) is 10.8. The van der Waals surface area contributed by atoms with E-state index in [1.807, 2.05) is 13.8 Å². The molecule has 38 heavy (non-hydrogen) atoms. The van der Waals surface area contributed by atoms with Gasteiger partial charge in [-0.25, -0.2) is 9.97 Å². The van der Waals surface area contributed by atoms with Crippen molar-refractivity contribution in [2.75, 3.05) is 16.8 Å². The number of halogens is 3. The standard InChI is InChI=1S/C26H33F3N8O/c1-24(2)8-6-15(10-32-24)34-23-31-13-19(26(27,28)29)20(35-23)18-12-30-21-17(18)7-9-25(3,4)37(22(21)38)16-11-33-36(5)14-16/h11-15,30,32H,6-10H2,1-5H3,(H,31,34,35)/t15-/m0/s1. The molecule has 0 unspecified atom stereocenters. The van der Waals surface area contributed by atoms with Crippen molar-refractivity contribution in [3.63, 3.8) is 0 Å². The van der Waals surface area contributed by atoms with Crippen molar-refractivity contribution >= 4 is 17.5 Å². The van der Waals surface area contributed by atoms with Crippen LogP contribution in [0.4, 0.5) is 24.8 Å².